The standard InChI is InChI=1S/C13H17ClN2O4/c1-8(17)11(12(18)19)16-13(20)15-7-6-9-2-4-10(14)5-3-9/h2-5,8,11,17H,6-7H2,1H3,(H,18,19)(H2,15,16,20). The van der Waals surface area contributed by atoms with E-state index in [0.717, 1.165) is 5.56 Å². The quantitative estimate of drug-likeness (QED) is 0.630. The number of aliphatic hydroxyl groups excluding tert-OH is 1. The molecule has 0 heterocycles. The molecule has 1 rings (SSSR count). The van der Waals surface area contributed by atoms with Crippen LogP contribution < -0.4 is 10.6 Å². The maximum atomic E-state index is 11.5. The predicted molar refractivity (Wildman–Crippen MR) is 74.8 cm³/mol. The number of carbonyl (C=O) groups is 2. The number of urea groups is 1. The molecule has 0 saturated carbocycles. The lowest BCUT2D eigenvalue weighted by Gasteiger charge is -2.17. The number of hydrogen-bond donors (Lipinski definition) is 4. The van der Waals surface area contributed by atoms with Crippen molar-refractivity contribution in [1.29, 1.82) is 0 Å². The van der Waals surface area contributed by atoms with Crippen LogP contribution in [0.5, 0.6) is 0 Å². The van der Waals surface area contributed by atoms with Gasteiger partial charge in [0, 0.05) is 11.6 Å². The molecule has 7 heteroatoms. The summed E-state index contributed by atoms with van der Waals surface area (Å²) < 4.78 is 0. The van der Waals surface area contributed by atoms with Crippen LogP contribution in [0.1, 0.15) is 12.5 Å². The Morgan fingerprint density at radius 3 is 2.40 bits per heavy atom. The molecule has 2 unspecified atom stereocenters. The summed E-state index contributed by atoms with van der Waals surface area (Å²) in [5.74, 6) is -1.28. The third-order valence-electron chi connectivity index (χ3n) is 2.65. The van der Waals surface area contributed by atoms with Crippen molar-refractivity contribution in [3.8, 4) is 0 Å². The number of aliphatic carboxylic acids is 1. The van der Waals surface area contributed by atoms with Crippen molar-refractivity contribution < 1.29 is 19.8 Å². The minimum atomic E-state index is -1.33. The first-order valence-corrected chi connectivity index (χ1v) is 6.47. The zero-order chi connectivity index (χ0) is 15.1. The highest BCUT2D eigenvalue weighted by molar-refractivity contribution is 6.30. The molecule has 0 aliphatic heterocycles. The molecule has 0 aliphatic carbocycles. The fourth-order valence-corrected chi connectivity index (χ4v) is 1.68. The third-order valence-corrected chi connectivity index (χ3v) is 2.90. The number of benzene rings is 1. The number of hydrogen-bond acceptors (Lipinski definition) is 3. The van der Waals surface area contributed by atoms with Crippen LogP contribution in [-0.2, 0) is 11.2 Å². The van der Waals surface area contributed by atoms with Gasteiger partial charge in [-0.3, -0.25) is 0 Å². The van der Waals surface area contributed by atoms with Crippen LogP contribution in [0.2, 0.25) is 5.02 Å². The monoisotopic (exact) mass is 300 g/mol. The van der Waals surface area contributed by atoms with Gasteiger partial charge in [0.2, 0.25) is 0 Å². The van der Waals surface area contributed by atoms with E-state index in [4.69, 9.17) is 16.7 Å². The second kappa shape index (κ2) is 7.72. The topological polar surface area (TPSA) is 98.7 Å². The molecule has 0 radical (unpaired) electrons. The molecule has 0 saturated heterocycles. The minimum Gasteiger partial charge on any atom is -0.480 e. The van der Waals surface area contributed by atoms with Crippen LogP contribution in [0.25, 0.3) is 0 Å². The van der Waals surface area contributed by atoms with Gasteiger partial charge in [-0.05, 0) is 31.0 Å². The second-order valence-corrected chi connectivity index (χ2v) is 4.77. The summed E-state index contributed by atoms with van der Waals surface area (Å²) in [7, 11) is 0. The summed E-state index contributed by atoms with van der Waals surface area (Å²) in [5.41, 5.74) is 1.00. The van der Waals surface area contributed by atoms with Gasteiger partial charge in [-0.15, -0.1) is 0 Å². The second-order valence-electron chi connectivity index (χ2n) is 4.33. The first-order valence-electron chi connectivity index (χ1n) is 6.10. The van der Waals surface area contributed by atoms with Gasteiger partial charge in [0.1, 0.15) is 0 Å². The van der Waals surface area contributed by atoms with Crippen LogP contribution in [0.4, 0.5) is 4.79 Å². The number of amides is 2. The first-order chi connectivity index (χ1) is 9.40. The highest BCUT2D eigenvalue weighted by atomic mass is 35.5. The van der Waals surface area contributed by atoms with E-state index >= 15 is 0 Å². The summed E-state index contributed by atoms with van der Waals surface area (Å²) in [6.45, 7) is 1.65. The lowest BCUT2D eigenvalue weighted by molar-refractivity contribution is -0.141. The van der Waals surface area contributed by atoms with Gasteiger partial charge in [0.25, 0.3) is 0 Å². The number of nitrogens with one attached hydrogen (secondary N) is 2. The summed E-state index contributed by atoms with van der Waals surface area (Å²) in [4.78, 5) is 22.3. The van der Waals surface area contributed by atoms with Gasteiger partial charge in [0.15, 0.2) is 6.04 Å². The van der Waals surface area contributed by atoms with Crippen molar-refractivity contribution in [2.75, 3.05) is 6.54 Å². The molecular formula is C13H17ClN2O4. The molecule has 110 valence electrons. The summed E-state index contributed by atoms with van der Waals surface area (Å²) >= 11 is 5.75. The number of aliphatic hydroxyl groups is 1. The van der Waals surface area contributed by atoms with Crippen molar-refractivity contribution in [2.45, 2.75) is 25.5 Å². The fourth-order valence-electron chi connectivity index (χ4n) is 1.55. The maximum absolute atomic E-state index is 11.5. The Morgan fingerprint density at radius 2 is 1.90 bits per heavy atom. The number of carboxylic acid groups (broad SMARTS) is 1. The van der Waals surface area contributed by atoms with Gasteiger partial charge in [-0.25, -0.2) is 9.59 Å². The third kappa shape index (κ3) is 5.46. The Hall–Kier alpha value is -1.79. The highest BCUT2D eigenvalue weighted by Crippen LogP contribution is 2.09. The zero-order valence-corrected chi connectivity index (χ0v) is 11.7. The molecule has 6 nitrogen and oxygen atoms in total. The fraction of sp³-hybridized carbons (Fsp3) is 0.385. The van der Waals surface area contributed by atoms with Crippen LogP contribution in [0.3, 0.4) is 0 Å². The summed E-state index contributed by atoms with van der Waals surface area (Å²) in [6.07, 6.45) is -0.577. The normalized spacial score (nSPS) is 13.3. The van der Waals surface area contributed by atoms with E-state index in [1.807, 2.05) is 12.1 Å². The van der Waals surface area contributed by atoms with E-state index in [-0.39, 0.29) is 0 Å². The molecule has 0 fully saturated rings. The van der Waals surface area contributed by atoms with Gasteiger partial charge < -0.3 is 20.8 Å². The van der Waals surface area contributed by atoms with Gasteiger partial charge in [0.05, 0.1) is 6.10 Å². The van der Waals surface area contributed by atoms with Gasteiger partial charge in [-0.2, -0.15) is 0 Å². The summed E-state index contributed by atoms with van der Waals surface area (Å²) in [5, 5.41) is 23.4. The Kier molecular flexibility index (Phi) is 6.27. The maximum Gasteiger partial charge on any atom is 0.328 e. The molecule has 20 heavy (non-hydrogen) atoms. The van der Waals surface area contributed by atoms with Crippen molar-refractivity contribution >= 4 is 23.6 Å². The molecule has 0 bridgehead atoms. The molecule has 0 aromatic heterocycles. The van der Waals surface area contributed by atoms with E-state index in [9.17, 15) is 14.7 Å². The van der Waals surface area contributed by atoms with E-state index in [0.29, 0.717) is 18.0 Å². The molecule has 4 N–H and O–H groups in total. The van der Waals surface area contributed by atoms with Crippen molar-refractivity contribution in [3.63, 3.8) is 0 Å². The molecule has 2 amide bonds. The van der Waals surface area contributed by atoms with E-state index in [1.54, 1.807) is 12.1 Å². The van der Waals surface area contributed by atoms with Crippen LogP contribution in [-0.4, -0.2) is 40.9 Å². The molecule has 0 aliphatic rings. The molecule has 1 aromatic carbocycles. The van der Waals surface area contributed by atoms with Crippen molar-refractivity contribution in [2.24, 2.45) is 0 Å². The zero-order valence-electron chi connectivity index (χ0n) is 11.0. The number of rotatable bonds is 6. The van der Waals surface area contributed by atoms with Gasteiger partial charge >= 0.3 is 12.0 Å². The van der Waals surface area contributed by atoms with Crippen molar-refractivity contribution in [3.05, 3.63) is 34.9 Å². The molecule has 0 spiro atoms. The number of halogens is 1. The Labute approximate surface area is 121 Å². The lowest BCUT2D eigenvalue weighted by Crippen LogP contribution is -2.51. The van der Waals surface area contributed by atoms with Crippen molar-refractivity contribution in [1.82, 2.24) is 10.6 Å². The predicted octanol–water partition coefficient (Wildman–Crippen LogP) is 1.02. The number of carbonyl (C=O) groups excluding carboxylic acids is 1. The smallest absolute Gasteiger partial charge is 0.328 e. The van der Waals surface area contributed by atoms with Crippen LogP contribution in [0.15, 0.2) is 24.3 Å². The largest absolute Gasteiger partial charge is 0.480 e. The Bertz CT molecular complexity index is 462. The average molecular weight is 301 g/mol. The van der Waals surface area contributed by atoms with Crippen LogP contribution in [0, 0.1) is 0 Å². The first kappa shape index (κ1) is 16.3. The SMILES string of the molecule is CC(O)C(NC(=O)NCCc1ccc(Cl)cc1)C(=O)O. The summed E-state index contributed by atoms with van der Waals surface area (Å²) in [6, 6.07) is 5.24. The number of carboxylic acids is 1. The molecular weight excluding hydrogens is 284 g/mol. The Morgan fingerprint density at radius 1 is 1.30 bits per heavy atom. The lowest BCUT2D eigenvalue weighted by atomic mass is 10.1. The molecule has 1 aromatic rings. The van der Waals surface area contributed by atoms with Crippen LogP contribution >= 0.6 is 11.6 Å². The van der Waals surface area contributed by atoms with Gasteiger partial charge in [-0.1, -0.05) is 23.7 Å². The average Bonchev–Trinajstić information content (AvgIpc) is 2.37. The minimum absolute atomic E-state index is 0.347. The highest BCUT2D eigenvalue weighted by Gasteiger charge is 2.24. The van der Waals surface area contributed by atoms with E-state index in [1.165, 1.54) is 6.92 Å². The molecule has 2 atom stereocenters. The van der Waals surface area contributed by atoms with E-state index < -0.39 is 24.1 Å². The van der Waals surface area contributed by atoms with E-state index in [2.05, 4.69) is 10.6 Å². The Balaban J connectivity index is 2.36.